The molecule has 0 heterocycles. The van der Waals surface area contributed by atoms with Crippen molar-refractivity contribution in [1.29, 1.82) is 0 Å². The normalized spacial score (nSPS) is 17.1. The summed E-state index contributed by atoms with van der Waals surface area (Å²) >= 11 is 0. The van der Waals surface area contributed by atoms with Gasteiger partial charge in [-0.3, -0.25) is 0 Å². The third-order valence-electron chi connectivity index (χ3n) is 2.28. The minimum absolute atomic E-state index is 0.00569. The second-order valence-corrected chi connectivity index (χ2v) is 3.48. The lowest BCUT2D eigenvalue weighted by molar-refractivity contribution is -0.0367. The molecule has 4 N–H and O–H groups in total. The highest BCUT2D eigenvalue weighted by Gasteiger charge is 2.19. The predicted molar refractivity (Wildman–Crippen MR) is 55.1 cm³/mol. The van der Waals surface area contributed by atoms with Crippen LogP contribution in [0.3, 0.4) is 0 Å². The first kappa shape index (κ1) is 12.1. The third-order valence-corrected chi connectivity index (χ3v) is 2.28. The van der Waals surface area contributed by atoms with Crippen LogP contribution in [-0.2, 0) is 0 Å². The summed E-state index contributed by atoms with van der Waals surface area (Å²) in [5.74, 6) is 0. The highest BCUT2D eigenvalue weighted by Crippen LogP contribution is 2.18. The van der Waals surface area contributed by atoms with E-state index in [1.165, 1.54) is 0 Å². The van der Waals surface area contributed by atoms with Crippen LogP contribution in [0.1, 0.15) is 18.1 Å². The summed E-state index contributed by atoms with van der Waals surface area (Å²) in [5.41, 5.74) is 0.682. The Bertz CT molecular complexity index is 275. The Morgan fingerprint density at radius 2 is 1.53 bits per heavy atom. The lowest BCUT2D eigenvalue weighted by Gasteiger charge is -2.19. The molecule has 0 aliphatic carbocycles. The van der Waals surface area contributed by atoms with Crippen molar-refractivity contribution in [3.63, 3.8) is 0 Å². The molecule has 0 fully saturated rings. The molecule has 84 valence electrons. The van der Waals surface area contributed by atoms with Gasteiger partial charge in [-0.25, -0.2) is 0 Å². The summed E-state index contributed by atoms with van der Waals surface area (Å²) in [6, 6.07) is 8.88. The van der Waals surface area contributed by atoms with Crippen LogP contribution in [0.4, 0.5) is 0 Å². The summed E-state index contributed by atoms with van der Waals surface area (Å²) in [7, 11) is 0. The minimum Gasteiger partial charge on any atom is -0.394 e. The predicted octanol–water partition coefficient (Wildman–Crippen LogP) is -0.176. The van der Waals surface area contributed by atoms with Crippen molar-refractivity contribution >= 4 is 0 Å². The van der Waals surface area contributed by atoms with Gasteiger partial charge in [-0.1, -0.05) is 30.3 Å². The Balaban J connectivity index is 2.52. The average molecular weight is 212 g/mol. The molecule has 3 unspecified atom stereocenters. The summed E-state index contributed by atoms with van der Waals surface area (Å²) in [6.45, 7) is -0.511. The third kappa shape index (κ3) is 3.60. The van der Waals surface area contributed by atoms with Crippen molar-refractivity contribution in [2.75, 3.05) is 6.61 Å². The minimum atomic E-state index is -1.21. The molecule has 0 aliphatic rings. The fourth-order valence-corrected chi connectivity index (χ4v) is 1.32. The van der Waals surface area contributed by atoms with E-state index in [0.717, 1.165) is 0 Å². The van der Waals surface area contributed by atoms with Crippen LogP contribution >= 0.6 is 0 Å². The van der Waals surface area contributed by atoms with E-state index in [1.54, 1.807) is 24.3 Å². The molecule has 0 saturated carbocycles. The number of benzene rings is 1. The van der Waals surface area contributed by atoms with Gasteiger partial charge in [-0.2, -0.15) is 0 Å². The zero-order valence-electron chi connectivity index (χ0n) is 8.32. The van der Waals surface area contributed by atoms with E-state index >= 15 is 0 Å². The van der Waals surface area contributed by atoms with Crippen molar-refractivity contribution in [2.45, 2.75) is 24.7 Å². The van der Waals surface area contributed by atoms with Crippen molar-refractivity contribution in [1.82, 2.24) is 0 Å². The maximum Gasteiger partial charge on any atom is 0.103 e. The number of rotatable bonds is 5. The van der Waals surface area contributed by atoms with Crippen LogP contribution < -0.4 is 0 Å². The molecule has 0 aliphatic heterocycles. The van der Waals surface area contributed by atoms with Gasteiger partial charge in [0.2, 0.25) is 0 Å². The van der Waals surface area contributed by atoms with Gasteiger partial charge in [0.1, 0.15) is 6.10 Å². The molecular formula is C11H16O4. The lowest BCUT2D eigenvalue weighted by Crippen LogP contribution is -2.30. The maximum absolute atomic E-state index is 9.68. The van der Waals surface area contributed by atoms with Gasteiger partial charge in [0, 0.05) is 6.42 Å². The number of hydrogen-bond donors (Lipinski definition) is 4. The second kappa shape index (κ2) is 5.82. The summed E-state index contributed by atoms with van der Waals surface area (Å²) in [6.07, 6.45) is -3.15. The number of aliphatic hydroxyl groups excluding tert-OH is 4. The van der Waals surface area contributed by atoms with Crippen LogP contribution in [0.2, 0.25) is 0 Å². The van der Waals surface area contributed by atoms with Gasteiger partial charge in [0.25, 0.3) is 0 Å². The van der Waals surface area contributed by atoms with E-state index in [4.69, 9.17) is 10.2 Å². The van der Waals surface area contributed by atoms with Gasteiger partial charge in [0.05, 0.1) is 18.8 Å². The molecule has 3 atom stereocenters. The monoisotopic (exact) mass is 212 g/mol. The van der Waals surface area contributed by atoms with Crippen molar-refractivity contribution in [2.24, 2.45) is 0 Å². The molecule has 0 bridgehead atoms. The van der Waals surface area contributed by atoms with Gasteiger partial charge in [-0.05, 0) is 5.56 Å². The Labute approximate surface area is 88.4 Å². The smallest absolute Gasteiger partial charge is 0.103 e. The number of aliphatic hydroxyl groups is 4. The Morgan fingerprint density at radius 1 is 0.933 bits per heavy atom. The lowest BCUT2D eigenvalue weighted by atomic mass is 10.0. The molecular weight excluding hydrogens is 196 g/mol. The van der Waals surface area contributed by atoms with Crippen LogP contribution in [0.25, 0.3) is 0 Å². The van der Waals surface area contributed by atoms with Crippen LogP contribution in [0, 0.1) is 0 Å². The first-order valence-corrected chi connectivity index (χ1v) is 4.85. The molecule has 0 spiro atoms. The van der Waals surface area contributed by atoms with Crippen molar-refractivity contribution < 1.29 is 20.4 Å². The van der Waals surface area contributed by atoms with Crippen LogP contribution in [0.15, 0.2) is 30.3 Å². The van der Waals surface area contributed by atoms with Crippen molar-refractivity contribution in [3.05, 3.63) is 35.9 Å². The molecule has 0 radical (unpaired) electrons. The molecule has 1 aromatic carbocycles. The van der Waals surface area contributed by atoms with Gasteiger partial charge in [0.15, 0.2) is 0 Å². The largest absolute Gasteiger partial charge is 0.394 e. The quantitative estimate of drug-likeness (QED) is 0.546. The molecule has 4 heteroatoms. The fourth-order valence-electron chi connectivity index (χ4n) is 1.32. The SMILES string of the molecule is OCC(O)C(O)CC(O)c1ccccc1. The Kier molecular flexibility index (Phi) is 4.71. The topological polar surface area (TPSA) is 80.9 Å². The average Bonchev–Trinajstić information content (AvgIpc) is 2.29. The standard InChI is InChI=1S/C11H16O4/c12-7-11(15)10(14)6-9(13)8-4-2-1-3-5-8/h1-5,9-15H,6-7H2. The molecule has 1 rings (SSSR count). The van der Waals surface area contributed by atoms with Gasteiger partial charge < -0.3 is 20.4 Å². The summed E-state index contributed by atoms with van der Waals surface area (Å²) in [5, 5.41) is 36.8. The molecule has 0 aromatic heterocycles. The van der Waals surface area contributed by atoms with Crippen LogP contribution in [0.5, 0.6) is 0 Å². The first-order valence-electron chi connectivity index (χ1n) is 4.85. The summed E-state index contributed by atoms with van der Waals surface area (Å²) < 4.78 is 0. The zero-order valence-corrected chi connectivity index (χ0v) is 8.32. The van der Waals surface area contributed by atoms with Gasteiger partial charge >= 0.3 is 0 Å². The molecule has 0 amide bonds. The highest BCUT2D eigenvalue weighted by atomic mass is 16.4. The molecule has 15 heavy (non-hydrogen) atoms. The summed E-state index contributed by atoms with van der Waals surface area (Å²) in [4.78, 5) is 0. The highest BCUT2D eigenvalue weighted by molar-refractivity contribution is 5.17. The van der Waals surface area contributed by atoms with E-state index in [9.17, 15) is 10.2 Å². The van der Waals surface area contributed by atoms with E-state index in [0.29, 0.717) is 5.56 Å². The molecule has 4 nitrogen and oxygen atoms in total. The first-order chi connectivity index (χ1) is 7.15. The second-order valence-electron chi connectivity index (χ2n) is 3.48. The van der Waals surface area contributed by atoms with Crippen molar-refractivity contribution in [3.8, 4) is 0 Å². The van der Waals surface area contributed by atoms with Crippen LogP contribution in [-0.4, -0.2) is 39.2 Å². The van der Waals surface area contributed by atoms with E-state index in [-0.39, 0.29) is 6.42 Å². The van der Waals surface area contributed by atoms with E-state index in [1.807, 2.05) is 6.07 Å². The number of hydrogen-bond acceptors (Lipinski definition) is 4. The maximum atomic E-state index is 9.68. The zero-order chi connectivity index (χ0) is 11.3. The molecule has 0 saturated heterocycles. The molecule has 1 aromatic rings. The fraction of sp³-hybridized carbons (Fsp3) is 0.455. The Hall–Kier alpha value is -0.940. The Morgan fingerprint density at radius 3 is 2.07 bits per heavy atom. The van der Waals surface area contributed by atoms with E-state index in [2.05, 4.69) is 0 Å². The van der Waals surface area contributed by atoms with Gasteiger partial charge in [-0.15, -0.1) is 0 Å². The van der Waals surface area contributed by atoms with E-state index < -0.39 is 24.9 Å².